The average Bonchev–Trinajstić information content (AvgIpc) is 2.42. The van der Waals surface area contributed by atoms with E-state index in [-0.39, 0.29) is 11.4 Å². The Bertz CT molecular complexity index is 433. The molecular formula is C15H23N3O. The fraction of sp³-hybridized carbons (Fsp3) is 0.533. The fourth-order valence-electron chi connectivity index (χ4n) is 2.29. The summed E-state index contributed by atoms with van der Waals surface area (Å²) in [7, 11) is 0. The first-order valence-electron chi connectivity index (χ1n) is 6.85. The van der Waals surface area contributed by atoms with Crippen molar-refractivity contribution in [3.63, 3.8) is 0 Å². The number of hydrogen-bond donors (Lipinski definition) is 2. The number of carbonyl (C=O) groups is 1. The molecule has 0 bridgehead atoms. The van der Waals surface area contributed by atoms with Gasteiger partial charge in [-0.2, -0.15) is 0 Å². The molecule has 1 aliphatic heterocycles. The number of anilines is 1. The molecule has 0 radical (unpaired) electrons. The van der Waals surface area contributed by atoms with Gasteiger partial charge in [0.15, 0.2) is 0 Å². The molecule has 0 saturated carbocycles. The topological polar surface area (TPSA) is 58.4 Å². The van der Waals surface area contributed by atoms with Crippen LogP contribution in [0.1, 0.15) is 25.3 Å². The summed E-state index contributed by atoms with van der Waals surface area (Å²) >= 11 is 0. The summed E-state index contributed by atoms with van der Waals surface area (Å²) in [6, 6.07) is 7.85. The van der Waals surface area contributed by atoms with Crippen LogP contribution in [0.4, 0.5) is 10.5 Å². The van der Waals surface area contributed by atoms with Crippen molar-refractivity contribution in [1.82, 2.24) is 4.90 Å². The van der Waals surface area contributed by atoms with Gasteiger partial charge in [-0.3, -0.25) is 0 Å². The van der Waals surface area contributed by atoms with Crippen molar-refractivity contribution >= 4 is 11.7 Å². The van der Waals surface area contributed by atoms with Gasteiger partial charge in [-0.05, 0) is 43.9 Å². The molecule has 0 aliphatic carbocycles. The monoisotopic (exact) mass is 261 g/mol. The lowest BCUT2D eigenvalue weighted by Crippen LogP contribution is -2.46. The number of piperidine rings is 1. The van der Waals surface area contributed by atoms with Crippen molar-refractivity contribution in [2.75, 3.05) is 25.0 Å². The Morgan fingerprint density at radius 3 is 2.42 bits per heavy atom. The van der Waals surface area contributed by atoms with E-state index in [0.717, 1.165) is 31.6 Å². The van der Waals surface area contributed by atoms with Gasteiger partial charge >= 0.3 is 6.03 Å². The number of rotatable bonds is 2. The van der Waals surface area contributed by atoms with Crippen LogP contribution in [0.15, 0.2) is 24.3 Å². The van der Waals surface area contributed by atoms with Crippen molar-refractivity contribution in [2.45, 2.75) is 26.7 Å². The van der Waals surface area contributed by atoms with E-state index in [2.05, 4.69) is 12.2 Å². The van der Waals surface area contributed by atoms with Crippen LogP contribution < -0.4 is 11.1 Å². The van der Waals surface area contributed by atoms with Gasteiger partial charge in [0.1, 0.15) is 0 Å². The van der Waals surface area contributed by atoms with Crippen molar-refractivity contribution < 1.29 is 4.79 Å². The van der Waals surface area contributed by atoms with E-state index in [1.807, 2.05) is 36.1 Å². The summed E-state index contributed by atoms with van der Waals surface area (Å²) in [5.41, 5.74) is 8.01. The highest BCUT2D eigenvalue weighted by Crippen LogP contribution is 2.29. The molecule has 0 aromatic heterocycles. The lowest BCUT2D eigenvalue weighted by molar-refractivity contribution is 0.141. The maximum atomic E-state index is 12.1. The zero-order chi connectivity index (χ0) is 13.9. The first kappa shape index (κ1) is 13.9. The number of urea groups is 1. The van der Waals surface area contributed by atoms with Crippen LogP contribution in [-0.4, -0.2) is 30.6 Å². The first-order chi connectivity index (χ1) is 9.02. The lowest BCUT2D eigenvalue weighted by Gasteiger charge is -2.38. The number of amides is 2. The Kier molecular flexibility index (Phi) is 4.10. The van der Waals surface area contributed by atoms with Crippen LogP contribution in [0.5, 0.6) is 0 Å². The highest BCUT2D eigenvalue weighted by molar-refractivity contribution is 5.89. The number of hydrogen-bond acceptors (Lipinski definition) is 2. The fourth-order valence-corrected chi connectivity index (χ4v) is 2.29. The third-order valence-electron chi connectivity index (χ3n) is 4.05. The molecule has 0 spiro atoms. The summed E-state index contributed by atoms with van der Waals surface area (Å²) in [5, 5.41) is 2.94. The minimum atomic E-state index is -0.0112. The Labute approximate surface area is 115 Å². The SMILES string of the molecule is Cc1ccc(NC(=O)N2CCC(C)(CN)CC2)cc1. The zero-order valence-electron chi connectivity index (χ0n) is 11.8. The third-order valence-corrected chi connectivity index (χ3v) is 4.05. The molecule has 4 heteroatoms. The second-order valence-electron chi connectivity index (χ2n) is 5.80. The van der Waals surface area contributed by atoms with Crippen LogP contribution >= 0.6 is 0 Å². The van der Waals surface area contributed by atoms with E-state index in [1.54, 1.807) is 0 Å². The quantitative estimate of drug-likeness (QED) is 0.859. The summed E-state index contributed by atoms with van der Waals surface area (Å²) in [5.74, 6) is 0. The zero-order valence-corrected chi connectivity index (χ0v) is 11.8. The molecule has 1 fully saturated rings. The van der Waals surface area contributed by atoms with Crippen molar-refractivity contribution in [2.24, 2.45) is 11.1 Å². The van der Waals surface area contributed by atoms with Crippen molar-refractivity contribution in [1.29, 1.82) is 0 Å². The number of carbonyl (C=O) groups excluding carboxylic acids is 1. The van der Waals surface area contributed by atoms with E-state index in [4.69, 9.17) is 5.73 Å². The predicted octanol–water partition coefficient (Wildman–Crippen LogP) is 2.59. The van der Waals surface area contributed by atoms with Crippen molar-refractivity contribution in [3.8, 4) is 0 Å². The Hall–Kier alpha value is -1.55. The Morgan fingerprint density at radius 1 is 1.32 bits per heavy atom. The average molecular weight is 261 g/mol. The lowest BCUT2D eigenvalue weighted by atomic mass is 9.81. The number of nitrogens with one attached hydrogen (secondary N) is 1. The van der Waals surface area contributed by atoms with E-state index in [0.29, 0.717) is 6.54 Å². The summed E-state index contributed by atoms with van der Waals surface area (Å²) < 4.78 is 0. The van der Waals surface area contributed by atoms with Crippen LogP contribution in [0, 0.1) is 12.3 Å². The number of nitrogens with two attached hydrogens (primary N) is 1. The van der Waals surface area contributed by atoms with Gasteiger partial charge in [-0.15, -0.1) is 0 Å². The summed E-state index contributed by atoms with van der Waals surface area (Å²) in [4.78, 5) is 14.0. The molecule has 1 heterocycles. The number of likely N-dealkylation sites (tertiary alicyclic amines) is 1. The smallest absolute Gasteiger partial charge is 0.321 e. The predicted molar refractivity (Wildman–Crippen MR) is 78.2 cm³/mol. The summed E-state index contributed by atoms with van der Waals surface area (Å²) in [6.45, 7) is 6.49. The second-order valence-corrected chi connectivity index (χ2v) is 5.80. The van der Waals surface area contributed by atoms with Crippen molar-refractivity contribution in [3.05, 3.63) is 29.8 Å². The molecule has 2 rings (SSSR count). The summed E-state index contributed by atoms with van der Waals surface area (Å²) in [6.07, 6.45) is 1.95. The number of benzene rings is 1. The molecular weight excluding hydrogens is 238 g/mol. The molecule has 4 nitrogen and oxygen atoms in total. The van der Waals surface area contributed by atoms with E-state index < -0.39 is 0 Å². The Balaban J connectivity index is 1.89. The van der Waals surface area contributed by atoms with Gasteiger partial charge in [-0.1, -0.05) is 24.6 Å². The highest BCUT2D eigenvalue weighted by Gasteiger charge is 2.30. The largest absolute Gasteiger partial charge is 0.330 e. The molecule has 1 aromatic rings. The molecule has 3 N–H and O–H groups in total. The van der Waals surface area contributed by atoms with Crippen LogP contribution in [0.25, 0.3) is 0 Å². The second kappa shape index (κ2) is 5.61. The molecule has 0 atom stereocenters. The standard InChI is InChI=1S/C15H23N3O/c1-12-3-5-13(6-4-12)17-14(19)18-9-7-15(2,11-16)8-10-18/h3-6H,7-11,16H2,1-2H3,(H,17,19). The number of aryl methyl sites for hydroxylation is 1. The minimum Gasteiger partial charge on any atom is -0.330 e. The maximum Gasteiger partial charge on any atom is 0.321 e. The van der Waals surface area contributed by atoms with Crippen LogP contribution in [0.3, 0.4) is 0 Å². The Morgan fingerprint density at radius 2 is 1.89 bits per heavy atom. The molecule has 0 unspecified atom stereocenters. The van der Waals surface area contributed by atoms with Gasteiger partial charge < -0.3 is 16.0 Å². The third kappa shape index (κ3) is 3.47. The van der Waals surface area contributed by atoms with Gasteiger partial charge in [0.25, 0.3) is 0 Å². The van der Waals surface area contributed by atoms with Gasteiger partial charge in [-0.25, -0.2) is 4.79 Å². The molecule has 1 aliphatic rings. The van der Waals surface area contributed by atoms with E-state index in [1.165, 1.54) is 5.56 Å². The maximum absolute atomic E-state index is 12.1. The first-order valence-corrected chi connectivity index (χ1v) is 6.85. The van der Waals surface area contributed by atoms with E-state index in [9.17, 15) is 4.79 Å². The number of nitrogens with zero attached hydrogens (tertiary/aromatic N) is 1. The molecule has 1 aromatic carbocycles. The molecule has 104 valence electrons. The highest BCUT2D eigenvalue weighted by atomic mass is 16.2. The van der Waals surface area contributed by atoms with Gasteiger partial charge in [0.2, 0.25) is 0 Å². The molecule has 1 saturated heterocycles. The van der Waals surface area contributed by atoms with Gasteiger partial charge in [0, 0.05) is 18.8 Å². The normalized spacial score (nSPS) is 18.2. The molecule has 19 heavy (non-hydrogen) atoms. The van der Waals surface area contributed by atoms with Gasteiger partial charge in [0.05, 0.1) is 0 Å². The van der Waals surface area contributed by atoms with Crippen LogP contribution in [-0.2, 0) is 0 Å². The minimum absolute atomic E-state index is 0.0112. The van der Waals surface area contributed by atoms with Crippen LogP contribution in [0.2, 0.25) is 0 Å². The van der Waals surface area contributed by atoms with E-state index >= 15 is 0 Å². The molecule has 2 amide bonds.